The largest absolute Gasteiger partial charge is 0.460 e. The fraction of sp³-hybridized carbons (Fsp3) is 0.227. The average molecular weight is 466 g/mol. The Morgan fingerprint density at radius 1 is 1.03 bits per heavy atom. The Balaban J connectivity index is 0.000000288. The summed E-state index contributed by atoms with van der Waals surface area (Å²) in [6.07, 6.45) is 0.205. The summed E-state index contributed by atoms with van der Waals surface area (Å²) in [7, 11) is 0. The van der Waals surface area contributed by atoms with Crippen LogP contribution in [0.25, 0.3) is 20.9 Å². The highest BCUT2D eigenvalue weighted by molar-refractivity contribution is 5.94. The van der Waals surface area contributed by atoms with Crippen molar-refractivity contribution < 1.29 is 29.0 Å². The molecule has 2 aromatic carbocycles. The number of benzene rings is 2. The van der Waals surface area contributed by atoms with Crippen molar-refractivity contribution in [2.75, 3.05) is 0 Å². The number of hydrogen-bond donors (Lipinski definition) is 1. The Morgan fingerprint density at radius 3 is 1.82 bits per heavy atom. The number of esters is 2. The summed E-state index contributed by atoms with van der Waals surface area (Å²) >= 11 is 0. The lowest BCUT2D eigenvalue weighted by Gasteiger charge is -2.12. The van der Waals surface area contributed by atoms with E-state index < -0.39 is 5.97 Å². The van der Waals surface area contributed by atoms with E-state index in [1.165, 1.54) is 6.92 Å². The van der Waals surface area contributed by atoms with Crippen LogP contribution in [-0.2, 0) is 37.1 Å². The van der Waals surface area contributed by atoms with E-state index in [0.717, 1.165) is 11.1 Å². The summed E-state index contributed by atoms with van der Waals surface area (Å²) in [6, 6.07) is 13.3. The van der Waals surface area contributed by atoms with Crippen LogP contribution in [0, 0.1) is 0 Å². The van der Waals surface area contributed by atoms with Crippen LogP contribution in [0.3, 0.4) is 0 Å². The van der Waals surface area contributed by atoms with Gasteiger partial charge in [-0.3, -0.25) is 14.4 Å². The zero-order valence-electron chi connectivity index (χ0n) is 18.3. The summed E-state index contributed by atoms with van der Waals surface area (Å²) < 4.78 is 9.18. The van der Waals surface area contributed by atoms with Crippen LogP contribution in [0.5, 0.6) is 0 Å². The summed E-state index contributed by atoms with van der Waals surface area (Å²) in [5, 5.41) is 15.4. The SMILES string of the molecule is C=C1CC(=O)O1.CC(=O)CC(=O)OCc1ccc(N=[N+]=[N-])cc1.[N-]=[N+]=Nc1ccc(CO)cc1. The van der Waals surface area contributed by atoms with Gasteiger partial charge in [-0.15, -0.1) is 0 Å². The van der Waals surface area contributed by atoms with E-state index in [1.54, 1.807) is 48.5 Å². The molecule has 1 N–H and O–H groups in total. The van der Waals surface area contributed by atoms with Crippen LogP contribution in [0.1, 0.15) is 30.9 Å². The van der Waals surface area contributed by atoms with Crippen molar-refractivity contribution in [3.8, 4) is 0 Å². The monoisotopic (exact) mass is 466 g/mol. The smallest absolute Gasteiger partial charge is 0.318 e. The zero-order valence-corrected chi connectivity index (χ0v) is 18.3. The van der Waals surface area contributed by atoms with E-state index in [4.69, 9.17) is 20.9 Å². The first-order valence-electron chi connectivity index (χ1n) is 9.69. The van der Waals surface area contributed by atoms with E-state index in [1.807, 2.05) is 0 Å². The van der Waals surface area contributed by atoms with Gasteiger partial charge in [0, 0.05) is 21.2 Å². The highest BCUT2D eigenvalue weighted by Crippen LogP contribution is 2.14. The number of aliphatic hydroxyl groups excluding tert-OH is 1. The van der Waals surface area contributed by atoms with Gasteiger partial charge in [0.1, 0.15) is 31.0 Å². The molecule has 0 bridgehead atoms. The third kappa shape index (κ3) is 11.7. The van der Waals surface area contributed by atoms with E-state index in [0.29, 0.717) is 23.6 Å². The molecule has 0 aliphatic carbocycles. The van der Waals surface area contributed by atoms with Gasteiger partial charge in [0.15, 0.2) is 0 Å². The fourth-order valence-electron chi connectivity index (χ4n) is 2.16. The van der Waals surface area contributed by atoms with Crippen molar-refractivity contribution in [1.82, 2.24) is 0 Å². The summed E-state index contributed by atoms with van der Waals surface area (Å²) in [5.41, 5.74) is 18.9. The second-order valence-corrected chi connectivity index (χ2v) is 6.60. The van der Waals surface area contributed by atoms with Crippen LogP contribution >= 0.6 is 0 Å². The molecule has 1 aliphatic rings. The Bertz CT molecular complexity index is 1080. The summed E-state index contributed by atoms with van der Waals surface area (Å²) in [4.78, 5) is 36.8. The van der Waals surface area contributed by atoms with Crippen molar-refractivity contribution in [2.45, 2.75) is 33.0 Å². The molecule has 12 nitrogen and oxygen atoms in total. The number of Topliss-reactive ketones (excluding diaryl/α,β-unsaturated/α-hetero) is 1. The van der Waals surface area contributed by atoms with E-state index in [9.17, 15) is 14.4 Å². The minimum atomic E-state index is -0.545. The molecule has 12 heteroatoms. The van der Waals surface area contributed by atoms with Crippen LogP contribution in [0.15, 0.2) is 71.1 Å². The lowest BCUT2D eigenvalue weighted by molar-refractivity contribution is -0.149. The average Bonchev–Trinajstić information content (AvgIpc) is 2.79. The first kappa shape index (κ1) is 27.4. The standard InChI is InChI=1S/C11H11N3O3.C7H7N3O.C4H4O2/c1-8(15)6-11(16)17-7-9-2-4-10(5-3-9)13-14-12;8-10-9-7-3-1-6(5-11)2-4-7;1-3-2-4(5)6-3/h2-5H,6-7H2,1H3;1-4,11H,5H2;1-2H2. The normalized spacial score (nSPS) is 10.9. The van der Waals surface area contributed by atoms with Crippen LogP contribution < -0.4 is 0 Å². The Hall–Kier alpha value is -4.63. The molecule has 1 saturated heterocycles. The minimum Gasteiger partial charge on any atom is -0.460 e. The molecule has 176 valence electrons. The first-order chi connectivity index (χ1) is 16.3. The molecular formula is C22H22N6O6. The number of carbonyl (C=O) groups excluding carboxylic acids is 3. The number of carbonyl (C=O) groups is 3. The molecule has 0 radical (unpaired) electrons. The molecule has 0 aromatic heterocycles. The van der Waals surface area contributed by atoms with Gasteiger partial charge in [0.2, 0.25) is 0 Å². The number of ether oxygens (including phenoxy) is 2. The second-order valence-electron chi connectivity index (χ2n) is 6.60. The van der Waals surface area contributed by atoms with E-state index in [2.05, 4.69) is 31.4 Å². The molecule has 3 rings (SSSR count). The van der Waals surface area contributed by atoms with Crippen molar-refractivity contribution in [3.63, 3.8) is 0 Å². The van der Waals surface area contributed by atoms with Crippen LogP contribution in [-0.4, -0.2) is 22.8 Å². The fourth-order valence-corrected chi connectivity index (χ4v) is 2.16. The number of azide groups is 2. The van der Waals surface area contributed by atoms with E-state index >= 15 is 0 Å². The molecule has 1 heterocycles. The number of ketones is 1. The molecule has 1 fully saturated rings. The lowest BCUT2D eigenvalue weighted by Crippen LogP contribution is -2.15. The van der Waals surface area contributed by atoms with Gasteiger partial charge in [-0.25, -0.2) is 0 Å². The Morgan fingerprint density at radius 2 is 1.50 bits per heavy atom. The number of nitrogens with zero attached hydrogens (tertiary/aromatic N) is 6. The number of cyclic esters (lactones) is 1. The maximum Gasteiger partial charge on any atom is 0.318 e. The van der Waals surface area contributed by atoms with Crippen molar-refractivity contribution in [3.05, 3.63) is 92.9 Å². The minimum absolute atomic E-state index is 0.0105. The molecule has 0 unspecified atom stereocenters. The highest BCUT2D eigenvalue weighted by atomic mass is 16.6. The molecule has 34 heavy (non-hydrogen) atoms. The molecule has 1 aliphatic heterocycles. The topological polar surface area (TPSA) is 187 Å². The van der Waals surface area contributed by atoms with Gasteiger partial charge < -0.3 is 14.6 Å². The molecule has 0 saturated carbocycles. The Labute approximate surface area is 194 Å². The molecule has 0 atom stereocenters. The van der Waals surface area contributed by atoms with Gasteiger partial charge in [-0.05, 0) is 29.1 Å². The third-order valence-corrected chi connectivity index (χ3v) is 3.77. The van der Waals surface area contributed by atoms with Gasteiger partial charge in [0.05, 0.1) is 6.61 Å². The quantitative estimate of drug-likeness (QED) is 0.191. The molecule has 0 spiro atoms. The van der Waals surface area contributed by atoms with Crippen molar-refractivity contribution in [1.29, 1.82) is 0 Å². The van der Waals surface area contributed by atoms with Gasteiger partial charge in [-0.1, -0.05) is 65.3 Å². The lowest BCUT2D eigenvalue weighted by atomic mass is 10.2. The van der Waals surface area contributed by atoms with Crippen LogP contribution in [0.4, 0.5) is 11.4 Å². The molecule has 2 aromatic rings. The van der Waals surface area contributed by atoms with E-state index in [-0.39, 0.29) is 31.4 Å². The predicted octanol–water partition coefficient (Wildman–Crippen LogP) is 5.22. The number of rotatable bonds is 7. The summed E-state index contributed by atoms with van der Waals surface area (Å²) in [6.45, 7) is 4.81. The number of aliphatic hydroxyl groups is 1. The van der Waals surface area contributed by atoms with Crippen LogP contribution in [0.2, 0.25) is 0 Å². The zero-order chi connectivity index (χ0) is 25.3. The number of hydrogen-bond acceptors (Lipinski definition) is 8. The molecular weight excluding hydrogens is 444 g/mol. The van der Waals surface area contributed by atoms with Crippen molar-refractivity contribution in [2.24, 2.45) is 10.2 Å². The highest BCUT2D eigenvalue weighted by Gasteiger charge is 2.17. The van der Waals surface area contributed by atoms with Crippen molar-refractivity contribution >= 4 is 29.1 Å². The molecule has 0 amide bonds. The van der Waals surface area contributed by atoms with Gasteiger partial charge in [-0.2, -0.15) is 0 Å². The third-order valence-electron chi connectivity index (χ3n) is 3.77. The summed E-state index contributed by atoms with van der Waals surface area (Å²) in [5.74, 6) is -0.356. The maximum absolute atomic E-state index is 11.1. The van der Waals surface area contributed by atoms with Gasteiger partial charge >= 0.3 is 11.9 Å². The maximum atomic E-state index is 11.1. The second kappa shape index (κ2) is 15.2. The first-order valence-corrected chi connectivity index (χ1v) is 9.69. The Kier molecular flexibility index (Phi) is 12.3. The predicted molar refractivity (Wildman–Crippen MR) is 121 cm³/mol. The van der Waals surface area contributed by atoms with Gasteiger partial charge in [0.25, 0.3) is 0 Å².